The zero-order valence-corrected chi connectivity index (χ0v) is 13.1. The largest absolute Gasteiger partial charge is 0.439 e. The number of alkyl halides is 3. The zero-order chi connectivity index (χ0) is 19.6. The molecule has 0 aliphatic heterocycles. The first-order chi connectivity index (χ1) is 12.7. The van der Waals surface area contributed by atoms with Crippen molar-refractivity contribution in [2.75, 3.05) is 0 Å². The first-order valence-electron chi connectivity index (χ1n) is 7.22. The van der Waals surface area contributed by atoms with Crippen molar-refractivity contribution in [3.63, 3.8) is 0 Å². The average Bonchev–Trinajstić information content (AvgIpc) is 2.59. The third-order valence-electron chi connectivity index (χ3n) is 3.20. The fraction of sp³-hybridized carbons (Fsp3) is 0.0588. The molecule has 3 aromatic rings. The summed E-state index contributed by atoms with van der Waals surface area (Å²) in [6.45, 7) is 0. The van der Waals surface area contributed by atoms with Crippen LogP contribution < -0.4 is 9.47 Å². The molecule has 0 saturated carbocycles. The minimum Gasteiger partial charge on any atom is -0.439 e. The van der Waals surface area contributed by atoms with Gasteiger partial charge >= 0.3 is 6.18 Å². The Labute approximate surface area is 148 Å². The van der Waals surface area contributed by atoms with Gasteiger partial charge in [0.05, 0.1) is 11.6 Å². The van der Waals surface area contributed by atoms with Crippen molar-refractivity contribution in [3.8, 4) is 23.3 Å². The van der Waals surface area contributed by atoms with Crippen molar-refractivity contribution in [2.45, 2.75) is 6.18 Å². The van der Waals surface area contributed by atoms with Gasteiger partial charge in [-0.05, 0) is 30.3 Å². The predicted octanol–water partition coefficient (Wildman–Crippen LogP) is 5.50. The van der Waals surface area contributed by atoms with Crippen LogP contribution in [0.4, 0.5) is 26.3 Å². The van der Waals surface area contributed by atoms with Crippen LogP contribution in [0.15, 0.2) is 48.8 Å². The highest BCUT2D eigenvalue weighted by atomic mass is 19.4. The minimum absolute atomic E-state index is 0.0697. The number of benzene rings is 2. The third-order valence-corrected chi connectivity index (χ3v) is 3.20. The smallest absolute Gasteiger partial charge is 0.419 e. The third kappa shape index (κ3) is 4.46. The number of halogens is 6. The molecule has 10 heteroatoms. The highest BCUT2D eigenvalue weighted by Gasteiger charge is 2.34. The van der Waals surface area contributed by atoms with E-state index in [0.29, 0.717) is 12.1 Å². The van der Waals surface area contributed by atoms with Crippen LogP contribution in [0.3, 0.4) is 0 Å². The molecule has 0 N–H and O–H groups in total. The maximum atomic E-state index is 13.3. The Bertz CT molecular complexity index is 978. The number of ether oxygens (including phenoxy) is 2. The SMILES string of the molecule is Fc1ccc(Oc2cc(Oc3ccc(F)c(C(F)(F)F)c3)ncn2)cc1F. The lowest BCUT2D eigenvalue weighted by atomic mass is 10.2. The molecule has 0 bridgehead atoms. The molecular formula is C17H8F6N2O2. The highest BCUT2D eigenvalue weighted by molar-refractivity contribution is 5.35. The lowest BCUT2D eigenvalue weighted by Crippen LogP contribution is -2.08. The van der Waals surface area contributed by atoms with E-state index in [9.17, 15) is 26.3 Å². The van der Waals surface area contributed by atoms with E-state index in [-0.39, 0.29) is 23.3 Å². The molecule has 0 amide bonds. The Morgan fingerprint density at radius 1 is 0.667 bits per heavy atom. The van der Waals surface area contributed by atoms with Crippen molar-refractivity contribution in [3.05, 3.63) is 71.8 Å². The van der Waals surface area contributed by atoms with Crippen molar-refractivity contribution in [2.24, 2.45) is 0 Å². The van der Waals surface area contributed by atoms with Crippen LogP contribution in [0.25, 0.3) is 0 Å². The maximum absolute atomic E-state index is 13.3. The van der Waals surface area contributed by atoms with Gasteiger partial charge in [0.25, 0.3) is 0 Å². The van der Waals surface area contributed by atoms with Gasteiger partial charge in [-0.15, -0.1) is 0 Å². The van der Waals surface area contributed by atoms with Gasteiger partial charge in [-0.2, -0.15) is 13.2 Å². The zero-order valence-electron chi connectivity index (χ0n) is 13.1. The van der Waals surface area contributed by atoms with Crippen molar-refractivity contribution >= 4 is 0 Å². The second kappa shape index (κ2) is 7.14. The van der Waals surface area contributed by atoms with Gasteiger partial charge in [-0.3, -0.25) is 0 Å². The first kappa shape index (κ1) is 18.5. The van der Waals surface area contributed by atoms with Crippen LogP contribution in [0.1, 0.15) is 5.56 Å². The molecule has 0 saturated heterocycles. The van der Waals surface area contributed by atoms with E-state index in [1.54, 1.807) is 0 Å². The monoisotopic (exact) mass is 386 g/mol. The second-order valence-corrected chi connectivity index (χ2v) is 5.11. The molecule has 2 aromatic carbocycles. The molecule has 0 aliphatic rings. The van der Waals surface area contributed by atoms with Gasteiger partial charge in [0.15, 0.2) is 11.6 Å². The molecule has 1 heterocycles. The van der Waals surface area contributed by atoms with Gasteiger partial charge in [-0.1, -0.05) is 0 Å². The molecule has 1 aromatic heterocycles. The summed E-state index contributed by atoms with van der Waals surface area (Å²) < 4.78 is 88.0. The lowest BCUT2D eigenvalue weighted by molar-refractivity contribution is -0.140. The Kier molecular flexibility index (Phi) is 4.89. The number of rotatable bonds is 4. The van der Waals surface area contributed by atoms with Gasteiger partial charge in [0.1, 0.15) is 23.6 Å². The molecule has 0 atom stereocenters. The van der Waals surface area contributed by atoms with E-state index >= 15 is 0 Å². The number of hydrogen-bond acceptors (Lipinski definition) is 4. The fourth-order valence-electron chi connectivity index (χ4n) is 2.00. The summed E-state index contributed by atoms with van der Waals surface area (Å²) in [7, 11) is 0. The lowest BCUT2D eigenvalue weighted by Gasteiger charge is -2.11. The van der Waals surface area contributed by atoms with Crippen LogP contribution >= 0.6 is 0 Å². The number of nitrogens with zero attached hydrogens (tertiary/aromatic N) is 2. The number of aromatic nitrogens is 2. The Morgan fingerprint density at radius 2 is 1.22 bits per heavy atom. The average molecular weight is 386 g/mol. The summed E-state index contributed by atoms with van der Waals surface area (Å²) in [5.74, 6) is -4.37. The van der Waals surface area contributed by atoms with Crippen LogP contribution in [-0.4, -0.2) is 9.97 Å². The number of hydrogen-bond donors (Lipinski definition) is 0. The summed E-state index contributed by atoms with van der Waals surface area (Å²) in [6, 6.07) is 5.97. The first-order valence-corrected chi connectivity index (χ1v) is 7.22. The van der Waals surface area contributed by atoms with Crippen molar-refractivity contribution < 1.29 is 35.8 Å². The van der Waals surface area contributed by atoms with Gasteiger partial charge < -0.3 is 9.47 Å². The van der Waals surface area contributed by atoms with Crippen LogP contribution in [-0.2, 0) is 6.18 Å². The van der Waals surface area contributed by atoms with Crippen molar-refractivity contribution in [1.82, 2.24) is 9.97 Å². The van der Waals surface area contributed by atoms with Crippen LogP contribution in [0, 0.1) is 17.5 Å². The Hall–Kier alpha value is -3.30. The highest BCUT2D eigenvalue weighted by Crippen LogP contribution is 2.35. The fourth-order valence-corrected chi connectivity index (χ4v) is 2.00. The van der Waals surface area contributed by atoms with E-state index in [1.165, 1.54) is 0 Å². The molecule has 0 spiro atoms. The van der Waals surface area contributed by atoms with E-state index < -0.39 is 29.2 Å². The Morgan fingerprint density at radius 3 is 1.78 bits per heavy atom. The Balaban J connectivity index is 1.81. The molecule has 140 valence electrons. The normalized spacial score (nSPS) is 11.3. The minimum atomic E-state index is -4.89. The van der Waals surface area contributed by atoms with E-state index in [4.69, 9.17) is 9.47 Å². The summed E-state index contributed by atoms with van der Waals surface area (Å²) >= 11 is 0. The summed E-state index contributed by atoms with van der Waals surface area (Å²) in [5.41, 5.74) is -1.49. The second-order valence-electron chi connectivity index (χ2n) is 5.11. The molecule has 4 nitrogen and oxygen atoms in total. The van der Waals surface area contributed by atoms with Crippen LogP contribution in [0.2, 0.25) is 0 Å². The van der Waals surface area contributed by atoms with Gasteiger partial charge in [0, 0.05) is 6.07 Å². The molecule has 0 aliphatic carbocycles. The van der Waals surface area contributed by atoms with E-state index in [0.717, 1.165) is 36.7 Å². The molecule has 3 rings (SSSR count). The van der Waals surface area contributed by atoms with E-state index in [1.807, 2.05) is 0 Å². The molecule has 0 fully saturated rings. The topological polar surface area (TPSA) is 44.2 Å². The maximum Gasteiger partial charge on any atom is 0.419 e. The summed E-state index contributed by atoms with van der Waals surface area (Å²) in [5, 5.41) is 0. The van der Waals surface area contributed by atoms with E-state index in [2.05, 4.69) is 9.97 Å². The van der Waals surface area contributed by atoms with Gasteiger partial charge in [-0.25, -0.2) is 23.1 Å². The van der Waals surface area contributed by atoms with Gasteiger partial charge in [0.2, 0.25) is 11.8 Å². The quantitative estimate of drug-likeness (QED) is 0.556. The molecule has 0 unspecified atom stereocenters. The van der Waals surface area contributed by atoms with Crippen LogP contribution in [0.5, 0.6) is 23.3 Å². The summed E-state index contributed by atoms with van der Waals surface area (Å²) in [4.78, 5) is 7.43. The standard InChI is InChI=1S/C17H8F6N2O2/c18-12-3-1-9(5-11(12)17(21,22)23)26-15-7-16(25-8-24-15)27-10-2-4-13(19)14(20)6-10/h1-8H. The molecule has 27 heavy (non-hydrogen) atoms. The summed E-state index contributed by atoms with van der Waals surface area (Å²) in [6.07, 6.45) is -3.91. The predicted molar refractivity (Wildman–Crippen MR) is 79.9 cm³/mol. The van der Waals surface area contributed by atoms with Crippen molar-refractivity contribution in [1.29, 1.82) is 0 Å². The molecule has 0 radical (unpaired) electrons. The molecular weight excluding hydrogens is 378 g/mol.